The summed E-state index contributed by atoms with van der Waals surface area (Å²) in [5, 5.41) is 14.5. The Morgan fingerprint density at radius 3 is 2.69 bits per heavy atom. The van der Waals surface area contributed by atoms with Gasteiger partial charge in [-0.1, -0.05) is 25.7 Å². The molecule has 2 aliphatic rings. The van der Waals surface area contributed by atoms with Crippen molar-refractivity contribution >= 4 is 17.3 Å². The van der Waals surface area contributed by atoms with Gasteiger partial charge in [0.1, 0.15) is 6.33 Å². The van der Waals surface area contributed by atoms with Crippen LogP contribution in [0.5, 0.6) is 0 Å². The highest BCUT2D eigenvalue weighted by molar-refractivity contribution is 5.95. The zero-order chi connectivity index (χ0) is 17.8. The van der Waals surface area contributed by atoms with Crippen LogP contribution in [-0.4, -0.2) is 39.2 Å². The van der Waals surface area contributed by atoms with Crippen molar-refractivity contribution in [3.8, 4) is 5.69 Å². The first-order valence-corrected chi connectivity index (χ1v) is 9.72. The summed E-state index contributed by atoms with van der Waals surface area (Å²) in [6.45, 7) is 2.07. The molecular weight excluding hydrogens is 328 g/mol. The van der Waals surface area contributed by atoms with E-state index < -0.39 is 0 Å². The maximum atomic E-state index is 12.6. The number of nitrogens with one attached hydrogen (secondary N) is 1. The summed E-state index contributed by atoms with van der Waals surface area (Å²) in [4.78, 5) is 14.9. The number of tetrazole rings is 1. The van der Waals surface area contributed by atoms with Gasteiger partial charge in [0.2, 0.25) is 5.91 Å². The summed E-state index contributed by atoms with van der Waals surface area (Å²) < 4.78 is 1.61. The van der Waals surface area contributed by atoms with E-state index in [1.807, 2.05) is 12.1 Å². The third kappa shape index (κ3) is 3.86. The van der Waals surface area contributed by atoms with Gasteiger partial charge in [0.05, 0.1) is 17.1 Å². The molecule has 1 amide bonds. The fourth-order valence-corrected chi connectivity index (χ4v) is 4.13. The predicted molar refractivity (Wildman–Crippen MR) is 100 cm³/mol. The molecule has 2 fully saturated rings. The van der Waals surface area contributed by atoms with E-state index >= 15 is 0 Å². The highest BCUT2D eigenvalue weighted by atomic mass is 16.1. The SMILES string of the molecule is O=C(CCC1CCCC1)Nc1cc(-n2cnnn2)ccc1N1CCCC1. The van der Waals surface area contributed by atoms with Gasteiger partial charge in [-0.25, -0.2) is 4.68 Å². The van der Waals surface area contributed by atoms with Gasteiger partial charge in [-0.05, 0) is 53.8 Å². The molecule has 1 N–H and O–H groups in total. The summed E-state index contributed by atoms with van der Waals surface area (Å²) in [5.41, 5.74) is 2.80. The maximum absolute atomic E-state index is 12.6. The van der Waals surface area contributed by atoms with Crippen LogP contribution in [0.15, 0.2) is 24.5 Å². The van der Waals surface area contributed by atoms with E-state index in [0.717, 1.165) is 42.5 Å². The Kier molecular flexibility index (Phi) is 5.13. The van der Waals surface area contributed by atoms with Gasteiger partial charge in [-0.15, -0.1) is 5.10 Å². The van der Waals surface area contributed by atoms with Gasteiger partial charge in [-0.2, -0.15) is 0 Å². The first-order chi connectivity index (χ1) is 12.8. The minimum Gasteiger partial charge on any atom is -0.370 e. The average molecular weight is 354 g/mol. The molecule has 138 valence electrons. The van der Waals surface area contributed by atoms with Crippen LogP contribution in [0.2, 0.25) is 0 Å². The molecule has 4 rings (SSSR count). The smallest absolute Gasteiger partial charge is 0.224 e. The molecule has 2 aromatic rings. The Bertz CT molecular complexity index is 732. The van der Waals surface area contributed by atoms with Crippen molar-refractivity contribution in [1.29, 1.82) is 0 Å². The van der Waals surface area contributed by atoms with E-state index in [2.05, 4.69) is 31.8 Å². The van der Waals surface area contributed by atoms with Gasteiger partial charge in [-0.3, -0.25) is 4.79 Å². The van der Waals surface area contributed by atoms with Crippen molar-refractivity contribution in [3.05, 3.63) is 24.5 Å². The van der Waals surface area contributed by atoms with Crippen molar-refractivity contribution in [2.24, 2.45) is 5.92 Å². The average Bonchev–Trinajstić information content (AvgIpc) is 3.43. The third-order valence-electron chi connectivity index (χ3n) is 5.57. The number of nitrogens with zero attached hydrogens (tertiary/aromatic N) is 5. The van der Waals surface area contributed by atoms with Crippen LogP contribution < -0.4 is 10.2 Å². The number of carbonyl (C=O) groups excluding carboxylic acids is 1. The lowest BCUT2D eigenvalue weighted by atomic mass is 10.0. The molecule has 0 bridgehead atoms. The van der Waals surface area contributed by atoms with Crippen molar-refractivity contribution in [3.63, 3.8) is 0 Å². The number of amides is 1. The van der Waals surface area contributed by atoms with Crippen molar-refractivity contribution in [1.82, 2.24) is 20.2 Å². The van der Waals surface area contributed by atoms with Crippen molar-refractivity contribution < 1.29 is 4.79 Å². The van der Waals surface area contributed by atoms with E-state index in [9.17, 15) is 4.79 Å². The van der Waals surface area contributed by atoms with Crippen LogP contribution in [-0.2, 0) is 4.79 Å². The zero-order valence-corrected chi connectivity index (χ0v) is 15.1. The van der Waals surface area contributed by atoms with E-state index in [4.69, 9.17) is 0 Å². The van der Waals surface area contributed by atoms with Crippen LogP contribution in [0.1, 0.15) is 51.4 Å². The number of aromatic nitrogens is 4. The summed E-state index contributed by atoms with van der Waals surface area (Å²) >= 11 is 0. The van der Waals surface area contributed by atoms with Gasteiger partial charge < -0.3 is 10.2 Å². The first kappa shape index (κ1) is 17.0. The molecule has 0 atom stereocenters. The molecule has 26 heavy (non-hydrogen) atoms. The monoisotopic (exact) mass is 354 g/mol. The van der Waals surface area contributed by atoms with Gasteiger partial charge in [0.25, 0.3) is 0 Å². The first-order valence-electron chi connectivity index (χ1n) is 9.72. The highest BCUT2D eigenvalue weighted by Crippen LogP contribution is 2.32. The molecule has 2 heterocycles. The fourth-order valence-electron chi connectivity index (χ4n) is 4.13. The van der Waals surface area contributed by atoms with Crippen molar-refractivity contribution in [2.45, 2.75) is 51.4 Å². The molecular formula is C19H26N6O. The van der Waals surface area contributed by atoms with E-state index in [1.54, 1.807) is 11.0 Å². The molecule has 1 aliphatic heterocycles. The Labute approximate surface area is 153 Å². The van der Waals surface area contributed by atoms with Crippen molar-refractivity contribution in [2.75, 3.05) is 23.3 Å². The summed E-state index contributed by atoms with van der Waals surface area (Å²) in [7, 11) is 0. The van der Waals surface area contributed by atoms with Crippen LogP contribution in [0.4, 0.5) is 11.4 Å². The molecule has 0 radical (unpaired) electrons. The number of rotatable bonds is 6. The number of benzene rings is 1. The molecule has 1 aliphatic carbocycles. The largest absolute Gasteiger partial charge is 0.370 e. The molecule has 0 spiro atoms. The number of hydrogen-bond donors (Lipinski definition) is 1. The lowest BCUT2D eigenvalue weighted by Gasteiger charge is -2.22. The second-order valence-corrected chi connectivity index (χ2v) is 7.39. The topological polar surface area (TPSA) is 75.9 Å². The number of carbonyl (C=O) groups is 1. The van der Waals surface area contributed by atoms with Crippen LogP contribution in [0, 0.1) is 5.92 Å². The third-order valence-corrected chi connectivity index (χ3v) is 5.57. The summed E-state index contributed by atoms with van der Waals surface area (Å²) in [5.74, 6) is 0.831. The predicted octanol–water partition coefficient (Wildman–Crippen LogP) is 3.17. The minimum absolute atomic E-state index is 0.103. The number of anilines is 2. The normalized spacial score (nSPS) is 17.8. The molecule has 1 saturated carbocycles. The Hall–Kier alpha value is -2.44. The lowest BCUT2D eigenvalue weighted by molar-refractivity contribution is -0.116. The molecule has 7 heteroatoms. The second-order valence-electron chi connectivity index (χ2n) is 7.39. The minimum atomic E-state index is 0.103. The lowest BCUT2D eigenvalue weighted by Crippen LogP contribution is -2.21. The molecule has 1 aromatic heterocycles. The second kappa shape index (κ2) is 7.85. The van der Waals surface area contributed by atoms with E-state index in [0.29, 0.717) is 6.42 Å². The number of hydrogen-bond acceptors (Lipinski definition) is 5. The molecule has 0 unspecified atom stereocenters. The van der Waals surface area contributed by atoms with Crippen LogP contribution in [0.3, 0.4) is 0 Å². The molecule has 1 aromatic carbocycles. The standard InChI is InChI=1S/C19H26N6O/c26-19(10-7-15-5-1-2-6-15)21-17-13-16(25-14-20-22-23-25)8-9-18(17)24-11-3-4-12-24/h8-9,13-15H,1-7,10-12H2,(H,21,26). The Morgan fingerprint density at radius 2 is 1.96 bits per heavy atom. The summed E-state index contributed by atoms with van der Waals surface area (Å²) in [6, 6.07) is 6.03. The van der Waals surface area contributed by atoms with Gasteiger partial charge in [0.15, 0.2) is 0 Å². The summed E-state index contributed by atoms with van der Waals surface area (Å²) in [6.07, 6.45) is 10.8. The molecule has 7 nitrogen and oxygen atoms in total. The Balaban J connectivity index is 1.50. The molecule has 1 saturated heterocycles. The zero-order valence-electron chi connectivity index (χ0n) is 15.1. The highest BCUT2D eigenvalue weighted by Gasteiger charge is 2.20. The quantitative estimate of drug-likeness (QED) is 0.862. The fraction of sp³-hybridized carbons (Fsp3) is 0.579. The van der Waals surface area contributed by atoms with Gasteiger partial charge in [0, 0.05) is 19.5 Å². The van der Waals surface area contributed by atoms with E-state index in [1.165, 1.54) is 38.5 Å². The van der Waals surface area contributed by atoms with Crippen LogP contribution in [0.25, 0.3) is 5.69 Å². The maximum Gasteiger partial charge on any atom is 0.224 e. The van der Waals surface area contributed by atoms with Crippen LogP contribution >= 0.6 is 0 Å². The Morgan fingerprint density at radius 1 is 1.15 bits per heavy atom. The van der Waals surface area contributed by atoms with Gasteiger partial charge >= 0.3 is 0 Å². The van der Waals surface area contributed by atoms with E-state index in [-0.39, 0.29) is 5.91 Å².